The maximum atomic E-state index is 12.1. The zero-order valence-electron chi connectivity index (χ0n) is 13.2. The van der Waals surface area contributed by atoms with Gasteiger partial charge in [-0.3, -0.25) is 14.3 Å². The molecule has 24 heavy (non-hydrogen) atoms. The number of carbonyl (C=O) groups is 2. The third-order valence-electron chi connectivity index (χ3n) is 3.91. The summed E-state index contributed by atoms with van der Waals surface area (Å²) in [5.74, 6) is -1.38. The second-order valence-electron chi connectivity index (χ2n) is 5.71. The van der Waals surface area contributed by atoms with Crippen molar-refractivity contribution in [3.05, 3.63) is 41.7 Å². The maximum Gasteiger partial charge on any atom is 0.313 e. The molecule has 126 valence electrons. The van der Waals surface area contributed by atoms with E-state index in [4.69, 9.17) is 11.6 Å². The number of hydrogen-bond acceptors (Lipinski definition) is 4. The van der Waals surface area contributed by atoms with Crippen LogP contribution in [0.1, 0.15) is 6.42 Å². The molecule has 0 aliphatic carbocycles. The summed E-state index contributed by atoms with van der Waals surface area (Å²) in [6.45, 7) is 1.46. The molecule has 1 aromatic heterocycles. The Labute approximate surface area is 144 Å². The molecule has 0 radical (unpaired) electrons. The van der Waals surface area contributed by atoms with Gasteiger partial charge in [0.1, 0.15) is 0 Å². The van der Waals surface area contributed by atoms with Crippen LogP contribution in [0.25, 0.3) is 0 Å². The number of aromatic nitrogens is 2. The molecule has 0 bridgehead atoms. The largest absolute Gasteiger partial charge is 0.367 e. The molecule has 7 nitrogen and oxygen atoms in total. The highest BCUT2D eigenvalue weighted by Gasteiger charge is 2.27. The third kappa shape index (κ3) is 3.68. The predicted octanol–water partition coefficient (Wildman–Crippen LogP) is 1.41. The van der Waals surface area contributed by atoms with Gasteiger partial charge in [0.05, 0.1) is 22.6 Å². The Morgan fingerprint density at radius 3 is 2.79 bits per heavy atom. The van der Waals surface area contributed by atoms with Gasteiger partial charge in [0.25, 0.3) is 0 Å². The molecule has 2 N–H and O–H groups in total. The van der Waals surface area contributed by atoms with Gasteiger partial charge in [0.2, 0.25) is 0 Å². The lowest BCUT2D eigenvalue weighted by Crippen LogP contribution is -2.43. The fourth-order valence-electron chi connectivity index (χ4n) is 2.68. The van der Waals surface area contributed by atoms with Crippen molar-refractivity contribution >= 4 is 34.8 Å². The van der Waals surface area contributed by atoms with Crippen molar-refractivity contribution in [2.45, 2.75) is 12.5 Å². The summed E-state index contributed by atoms with van der Waals surface area (Å²) in [7, 11) is 1.86. The number of nitrogens with one attached hydrogen (secondary N) is 2. The van der Waals surface area contributed by atoms with Gasteiger partial charge in [-0.05, 0) is 18.6 Å². The lowest BCUT2D eigenvalue weighted by Gasteiger charge is -2.16. The Morgan fingerprint density at radius 1 is 1.29 bits per heavy atom. The maximum absolute atomic E-state index is 12.1. The molecule has 2 heterocycles. The molecule has 3 rings (SSSR count). The van der Waals surface area contributed by atoms with Gasteiger partial charge in [-0.15, -0.1) is 0 Å². The van der Waals surface area contributed by atoms with E-state index in [2.05, 4.69) is 20.6 Å². The fourth-order valence-corrected chi connectivity index (χ4v) is 2.86. The first-order valence-electron chi connectivity index (χ1n) is 7.63. The van der Waals surface area contributed by atoms with Crippen molar-refractivity contribution in [1.29, 1.82) is 0 Å². The van der Waals surface area contributed by atoms with E-state index < -0.39 is 11.8 Å². The van der Waals surface area contributed by atoms with Crippen LogP contribution in [0.2, 0.25) is 5.02 Å². The molecule has 1 fully saturated rings. The number of anilines is 2. The second kappa shape index (κ2) is 6.92. The summed E-state index contributed by atoms with van der Waals surface area (Å²) in [6.07, 6.45) is 4.49. The third-order valence-corrected chi connectivity index (χ3v) is 4.24. The molecule has 1 aliphatic rings. The molecule has 1 atom stereocenters. The number of carbonyl (C=O) groups excluding carboxylic acids is 2. The Balaban J connectivity index is 1.53. The molecule has 2 aromatic rings. The first kappa shape index (κ1) is 16.3. The number of halogens is 1. The summed E-state index contributed by atoms with van der Waals surface area (Å²) in [4.78, 5) is 26.2. The van der Waals surface area contributed by atoms with E-state index in [9.17, 15) is 9.59 Å². The molecule has 1 aromatic carbocycles. The zero-order chi connectivity index (χ0) is 17.1. The Hall–Kier alpha value is -2.54. The van der Waals surface area contributed by atoms with E-state index in [0.717, 1.165) is 18.7 Å². The highest BCUT2D eigenvalue weighted by molar-refractivity contribution is 6.41. The lowest BCUT2D eigenvalue weighted by atomic mass is 10.2. The van der Waals surface area contributed by atoms with E-state index in [-0.39, 0.29) is 6.04 Å². The van der Waals surface area contributed by atoms with E-state index in [1.165, 1.54) is 0 Å². The molecule has 0 unspecified atom stereocenters. The van der Waals surface area contributed by atoms with Crippen LogP contribution in [-0.4, -0.2) is 40.7 Å². The van der Waals surface area contributed by atoms with Crippen LogP contribution in [0.3, 0.4) is 0 Å². The monoisotopic (exact) mass is 347 g/mol. The number of hydrogen-bond donors (Lipinski definition) is 2. The van der Waals surface area contributed by atoms with Gasteiger partial charge in [0.15, 0.2) is 0 Å². The van der Waals surface area contributed by atoms with Crippen LogP contribution in [0, 0.1) is 0 Å². The van der Waals surface area contributed by atoms with Crippen LogP contribution in [0.4, 0.5) is 11.4 Å². The van der Waals surface area contributed by atoms with E-state index >= 15 is 0 Å². The van der Waals surface area contributed by atoms with Crippen molar-refractivity contribution in [1.82, 2.24) is 15.1 Å². The van der Waals surface area contributed by atoms with Crippen LogP contribution in [0.5, 0.6) is 0 Å². The average Bonchev–Trinajstić information content (AvgIpc) is 3.18. The van der Waals surface area contributed by atoms with Crippen LogP contribution >= 0.6 is 11.6 Å². The van der Waals surface area contributed by atoms with Crippen molar-refractivity contribution < 1.29 is 9.59 Å². The van der Waals surface area contributed by atoms with Gasteiger partial charge in [-0.25, -0.2) is 0 Å². The van der Waals surface area contributed by atoms with Gasteiger partial charge in [0, 0.05) is 32.4 Å². The molecular weight excluding hydrogens is 330 g/mol. The average molecular weight is 348 g/mol. The molecule has 2 amide bonds. The quantitative estimate of drug-likeness (QED) is 0.823. The summed E-state index contributed by atoms with van der Waals surface area (Å²) in [5.41, 5.74) is 1.43. The second-order valence-corrected chi connectivity index (χ2v) is 6.12. The molecule has 0 saturated carbocycles. The first-order chi connectivity index (χ1) is 11.5. The minimum atomic E-state index is -0.720. The van der Waals surface area contributed by atoms with Gasteiger partial charge in [-0.1, -0.05) is 23.7 Å². The van der Waals surface area contributed by atoms with Crippen molar-refractivity contribution in [2.24, 2.45) is 7.05 Å². The number of rotatable bonds is 3. The number of nitrogens with zero attached hydrogens (tertiary/aromatic N) is 3. The molecule has 8 heteroatoms. The van der Waals surface area contributed by atoms with Gasteiger partial charge >= 0.3 is 11.8 Å². The summed E-state index contributed by atoms with van der Waals surface area (Å²) in [6, 6.07) is 6.71. The Kier molecular flexibility index (Phi) is 4.71. The van der Waals surface area contributed by atoms with Gasteiger partial charge in [-0.2, -0.15) is 5.10 Å². The summed E-state index contributed by atoms with van der Waals surface area (Å²) < 4.78 is 1.73. The Bertz CT molecular complexity index is 760. The van der Waals surface area contributed by atoms with Crippen molar-refractivity contribution in [3.63, 3.8) is 0 Å². The lowest BCUT2D eigenvalue weighted by molar-refractivity contribution is -0.136. The normalized spacial score (nSPS) is 16.9. The first-order valence-corrected chi connectivity index (χ1v) is 8.00. The number of benzene rings is 1. The van der Waals surface area contributed by atoms with E-state index in [0.29, 0.717) is 17.3 Å². The van der Waals surface area contributed by atoms with Crippen LogP contribution < -0.4 is 15.5 Å². The SMILES string of the molecule is Cn1cc(N2CC[C@H](NC(=O)C(=O)Nc3ccccc3Cl)C2)cn1. The number of amides is 2. The van der Waals surface area contributed by atoms with Crippen molar-refractivity contribution in [2.75, 3.05) is 23.3 Å². The summed E-state index contributed by atoms with van der Waals surface area (Å²) >= 11 is 5.97. The summed E-state index contributed by atoms with van der Waals surface area (Å²) in [5, 5.41) is 9.81. The number of aryl methyl sites for hydroxylation is 1. The predicted molar refractivity (Wildman–Crippen MR) is 92.1 cm³/mol. The molecular formula is C16H18ClN5O2. The Morgan fingerprint density at radius 2 is 2.08 bits per heavy atom. The molecule has 0 spiro atoms. The van der Waals surface area contributed by atoms with Gasteiger partial charge < -0.3 is 15.5 Å². The fraction of sp³-hybridized carbons (Fsp3) is 0.312. The minimum Gasteiger partial charge on any atom is -0.367 e. The van der Waals surface area contributed by atoms with E-state index in [1.54, 1.807) is 35.1 Å². The minimum absolute atomic E-state index is 0.0744. The highest BCUT2D eigenvalue weighted by atomic mass is 35.5. The van der Waals surface area contributed by atoms with Crippen LogP contribution in [0.15, 0.2) is 36.7 Å². The topological polar surface area (TPSA) is 79.3 Å². The smallest absolute Gasteiger partial charge is 0.313 e. The standard InChI is InChI=1S/C16H18ClN5O2/c1-21-10-12(8-18-21)22-7-6-11(9-22)19-15(23)16(24)20-14-5-3-2-4-13(14)17/h2-5,8,10-11H,6-7,9H2,1H3,(H,19,23)(H,20,24)/t11-/m0/s1. The zero-order valence-corrected chi connectivity index (χ0v) is 14.0. The number of para-hydroxylation sites is 1. The highest BCUT2D eigenvalue weighted by Crippen LogP contribution is 2.21. The van der Waals surface area contributed by atoms with Crippen LogP contribution in [-0.2, 0) is 16.6 Å². The molecule has 1 saturated heterocycles. The molecule has 1 aliphatic heterocycles. The van der Waals surface area contributed by atoms with E-state index in [1.807, 2.05) is 13.2 Å². The van der Waals surface area contributed by atoms with Crippen molar-refractivity contribution in [3.8, 4) is 0 Å².